The van der Waals surface area contributed by atoms with Crippen molar-refractivity contribution in [2.24, 2.45) is 0 Å². The third-order valence-electron chi connectivity index (χ3n) is 5.17. The highest BCUT2D eigenvalue weighted by atomic mass is 79.9. The first kappa shape index (κ1) is 18.0. The van der Waals surface area contributed by atoms with Gasteiger partial charge in [0.05, 0.1) is 10.1 Å². The van der Waals surface area contributed by atoms with Gasteiger partial charge in [0, 0.05) is 25.2 Å². The summed E-state index contributed by atoms with van der Waals surface area (Å²) in [5.74, 6) is 0.693. The van der Waals surface area contributed by atoms with Crippen LogP contribution in [0, 0.1) is 0 Å². The van der Waals surface area contributed by atoms with Gasteiger partial charge in [0.1, 0.15) is 5.60 Å². The fourth-order valence-electron chi connectivity index (χ4n) is 2.73. The summed E-state index contributed by atoms with van der Waals surface area (Å²) in [4.78, 5) is 8.93. The molecule has 0 aliphatic heterocycles. The van der Waals surface area contributed by atoms with Crippen LogP contribution in [0.2, 0.25) is 18.1 Å². The second-order valence-electron chi connectivity index (χ2n) is 8.01. The van der Waals surface area contributed by atoms with E-state index in [-0.39, 0.29) is 5.04 Å². The number of aromatic nitrogens is 2. The molecule has 0 unspecified atom stereocenters. The molecule has 124 valence electrons. The number of aliphatic hydroxyl groups is 1. The molecule has 2 rings (SSSR count). The van der Waals surface area contributed by atoms with Crippen molar-refractivity contribution in [3.8, 4) is 0 Å². The van der Waals surface area contributed by atoms with Gasteiger partial charge in [-0.25, -0.2) is 9.97 Å². The summed E-state index contributed by atoms with van der Waals surface area (Å²) in [6, 6.07) is 0. The second-order valence-corrected chi connectivity index (χ2v) is 13.7. The van der Waals surface area contributed by atoms with Crippen molar-refractivity contribution in [2.45, 2.75) is 76.3 Å². The third kappa shape index (κ3) is 3.30. The lowest BCUT2D eigenvalue weighted by molar-refractivity contribution is -0.182. The van der Waals surface area contributed by atoms with Gasteiger partial charge in [-0.05, 0) is 40.5 Å². The van der Waals surface area contributed by atoms with Crippen molar-refractivity contribution < 1.29 is 9.53 Å². The molecule has 1 fully saturated rings. The van der Waals surface area contributed by atoms with E-state index < -0.39 is 19.5 Å². The minimum atomic E-state index is -1.98. The Hall–Kier alpha value is -0.303. The Morgan fingerprint density at radius 1 is 1.27 bits per heavy atom. The molecule has 1 saturated carbocycles. The molecule has 1 aliphatic carbocycles. The molecule has 0 amide bonds. The smallest absolute Gasteiger partial charge is 0.193 e. The molecule has 1 heterocycles. The highest BCUT2D eigenvalue weighted by molar-refractivity contribution is 9.10. The number of hydrogen-bond acceptors (Lipinski definition) is 4. The standard InChI is InChI=1S/C16H27BrN2O2Si/c1-7-15(20)10-16(11-15,13-18-8-12(17)9-19-13)21-22(5,6)14(2,3)4/h8-9,20H,7,10-11H2,1-6H3/t15-,16-. The van der Waals surface area contributed by atoms with E-state index in [2.05, 4.69) is 59.8 Å². The summed E-state index contributed by atoms with van der Waals surface area (Å²) in [7, 11) is -1.98. The number of nitrogens with zero attached hydrogens (tertiary/aromatic N) is 2. The van der Waals surface area contributed by atoms with E-state index in [1.54, 1.807) is 12.4 Å². The fraction of sp³-hybridized carbons (Fsp3) is 0.750. The van der Waals surface area contributed by atoms with E-state index in [0.29, 0.717) is 18.7 Å². The summed E-state index contributed by atoms with van der Waals surface area (Å²) in [5.41, 5.74) is -1.20. The molecule has 0 aromatic carbocycles. The Morgan fingerprint density at radius 3 is 2.18 bits per heavy atom. The predicted molar refractivity (Wildman–Crippen MR) is 94.2 cm³/mol. The zero-order valence-electron chi connectivity index (χ0n) is 14.4. The largest absolute Gasteiger partial charge is 0.404 e. The predicted octanol–water partition coefficient (Wildman–Crippen LogP) is 4.39. The zero-order chi connectivity index (χ0) is 16.8. The molecule has 22 heavy (non-hydrogen) atoms. The van der Waals surface area contributed by atoms with Crippen LogP contribution in [0.25, 0.3) is 0 Å². The van der Waals surface area contributed by atoms with Crippen LogP contribution >= 0.6 is 15.9 Å². The van der Waals surface area contributed by atoms with Crippen LogP contribution in [0.5, 0.6) is 0 Å². The number of rotatable bonds is 4. The summed E-state index contributed by atoms with van der Waals surface area (Å²) >= 11 is 3.37. The van der Waals surface area contributed by atoms with Gasteiger partial charge in [-0.2, -0.15) is 0 Å². The molecule has 1 N–H and O–H groups in total. The Morgan fingerprint density at radius 2 is 1.77 bits per heavy atom. The maximum atomic E-state index is 10.5. The molecule has 6 heteroatoms. The van der Waals surface area contributed by atoms with E-state index in [0.717, 1.165) is 10.9 Å². The van der Waals surface area contributed by atoms with Crippen LogP contribution in [-0.4, -0.2) is 29.0 Å². The average molecular weight is 387 g/mol. The maximum Gasteiger partial charge on any atom is 0.193 e. The molecular weight excluding hydrogens is 360 g/mol. The summed E-state index contributed by atoms with van der Waals surface area (Å²) in [5, 5.41) is 10.6. The van der Waals surface area contributed by atoms with Gasteiger partial charge in [-0.1, -0.05) is 27.7 Å². The van der Waals surface area contributed by atoms with E-state index in [9.17, 15) is 5.11 Å². The molecule has 0 atom stereocenters. The van der Waals surface area contributed by atoms with Crippen LogP contribution in [0.15, 0.2) is 16.9 Å². The lowest BCUT2D eigenvalue weighted by Gasteiger charge is -2.56. The van der Waals surface area contributed by atoms with Gasteiger partial charge in [-0.15, -0.1) is 0 Å². The molecular formula is C16H27BrN2O2Si. The first-order chi connectivity index (χ1) is 9.93. The lowest BCUT2D eigenvalue weighted by Crippen LogP contribution is -2.61. The van der Waals surface area contributed by atoms with Crippen molar-refractivity contribution in [1.29, 1.82) is 0 Å². The topological polar surface area (TPSA) is 55.2 Å². The average Bonchev–Trinajstić information content (AvgIpc) is 2.35. The SMILES string of the molecule is CC[C@]1(O)C[C@@](O[Si](C)(C)C(C)(C)C)(c2ncc(Br)cn2)C1. The number of halogens is 1. The van der Waals surface area contributed by atoms with E-state index in [1.807, 2.05) is 6.92 Å². The first-order valence-corrected chi connectivity index (χ1v) is 11.5. The van der Waals surface area contributed by atoms with Crippen molar-refractivity contribution in [3.63, 3.8) is 0 Å². The number of hydrogen-bond donors (Lipinski definition) is 1. The zero-order valence-corrected chi connectivity index (χ0v) is 17.0. The Balaban J connectivity index is 2.35. The van der Waals surface area contributed by atoms with Crippen LogP contribution < -0.4 is 0 Å². The Bertz CT molecular complexity index is 534. The van der Waals surface area contributed by atoms with Gasteiger partial charge < -0.3 is 9.53 Å². The monoisotopic (exact) mass is 386 g/mol. The second kappa shape index (κ2) is 5.65. The van der Waals surface area contributed by atoms with Crippen LogP contribution in [-0.2, 0) is 10.0 Å². The van der Waals surface area contributed by atoms with Crippen LogP contribution in [0.3, 0.4) is 0 Å². The van der Waals surface area contributed by atoms with Crippen LogP contribution in [0.1, 0.15) is 52.8 Å². The van der Waals surface area contributed by atoms with Gasteiger partial charge in [0.2, 0.25) is 0 Å². The molecule has 1 aromatic heterocycles. The normalized spacial score (nSPS) is 29.3. The Kier molecular flexibility index (Phi) is 4.63. The molecule has 4 nitrogen and oxygen atoms in total. The third-order valence-corrected chi connectivity index (χ3v) is 10.1. The van der Waals surface area contributed by atoms with Gasteiger partial charge in [0.25, 0.3) is 0 Å². The minimum Gasteiger partial charge on any atom is -0.404 e. The van der Waals surface area contributed by atoms with Gasteiger partial charge in [-0.3, -0.25) is 0 Å². The van der Waals surface area contributed by atoms with Gasteiger partial charge >= 0.3 is 0 Å². The maximum absolute atomic E-state index is 10.5. The molecule has 1 aliphatic rings. The van der Waals surface area contributed by atoms with Crippen molar-refractivity contribution in [1.82, 2.24) is 9.97 Å². The summed E-state index contributed by atoms with van der Waals surface area (Å²) < 4.78 is 7.54. The molecule has 1 aromatic rings. The molecule has 0 spiro atoms. The Labute approximate surface area is 143 Å². The van der Waals surface area contributed by atoms with E-state index >= 15 is 0 Å². The highest BCUT2D eigenvalue weighted by Crippen LogP contribution is 2.55. The summed E-state index contributed by atoms with van der Waals surface area (Å²) in [6.45, 7) is 13.1. The van der Waals surface area contributed by atoms with Gasteiger partial charge in [0.15, 0.2) is 14.1 Å². The highest BCUT2D eigenvalue weighted by Gasteiger charge is 2.59. The molecule has 0 bridgehead atoms. The summed E-state index contributed by atoms with van der Waals surface area (Å²) in [6.07, 6.45) is 5.38. The molecule has 0 radical (unpaired) electrons. The van der Waals surface area contributed by atoms with Crippen molar-refractivity contribution >= 4 is 24.2 Å². The fourth-order valence-corrected chi connectivity index (χ4v) is 4.45. The minimum absolute atomic E-state index is 0.106. The van der Waals surface area contributed by atoms with Crippen molar-refractivity contribution in [2.75, 3.05) is 0 Å². The van der Waals surface area contributed by atoms with Crippen LogP contribution in [0.4, 0.5) is 0 Å². The van der Waals surface area contributed by atoms with E-state index in [1.165, 1.54) is 0 Å². The first-order valence-electron chi connectivity index (χ1n) is 7.84. The van der Waals surface area contributed by atoms with Crippen molar-refractivity contribution in [3.05, 3.63) is 22.7 Å². The molecule has 0 saturated heterocycles. The quantitative estimate of drug-likeness (QED) is 0.779. The van der Waals surface area contributed by atoms with E-state index in [4.69, 9.17) is 4.43 Å². The lowest BCUT2D eigenvalue weighted by atomic mass is 9.65.